The standard InChI is InChI=1S/C16H18F3NO3/c17-16(18,19)12-5-3-11(4-6-12)14(21)20-9-13-10-22-15(23-13)7-1-2-8-15/h3-6,13H,1-2,7-10H2,(H,20,21). The fourth-order valence-electron chi connectivity index (χ4n) is 3.01. The molecule has 1 saturated carbocycles. The lowest BCUT2D eigenvalue weighted by Crippen LogP contribution is -2.35. The lowest BCUT2D eigenvalue weighted by molar-refractivity contribution is -0.161. The minimum absolute atomic E-state index is 0.187. The van der Waals surface area contributed by atoms with Gasteiger partial charge < -0.3 is 14.8 Å². The predicted molar refractivity (Wildman–Crippen MR) is 75.8 cm³/mol. The first-order valence-corrected chi connectivity index (χ1v) is 7.65. The van der Waals surface area contributed by atoms with E-state index in [0.717, 1.165) is 37.8 Å². The summed E-state index contributed by atoms with van der Waals surface area (Å²) in [5.74, 6) is -0.904. The van der Waals surface area contributed by atoms with Crippen molar-refractivity contribution in [2.45, 2.75) is 43.8 Å². The van der Waals surface area contributed by atoms with Gasteiger partial charge in [-0.2, -0.15) is 13.2 Å². The van der Waals surface area contributed by atoms with Crippen LogP contribution in [0.25, 0.3) is 0 Å². The molecular weight excluding hydrogens is 311 g/mol. The van der Waals surface area contributed by atoms with E-state index in [1.165, 1.54) is 12.1 Å². The van der Waals surface area contributed by atoms with Crippen LogP contribution in [0.4, 0.5) is 13.2 Å². The van der Waals surface area contributed by atoms with Crippen LogP contribution in [0, 0.1) is 0 Å². The van der Waals surface area contributed by atoms with Crippen molar-refractivity contribution in [2.24, 2.45) is 0 Å². The van der Waals surface area contributed by atoms with E-state index in [1.54, 1.807) is 0 Å². The molecule has 1 N–H and O–H groups in total. The number of benzene rings is 1. The third-order valence-corrected chi connectivity index (χ3v) is 4.24. The molecule has 0 aromatic heterocycles. The quantitative estimate of drug-likeness (QED) is 0.927. The summed E-state index contributed by atoms with van der Waals surface area (Å²) in [6.45, 7) is 0.703. The van der Waals surface area contributed by atoms with Gasteiger partial charge in [0.05, 0.1) is 12.2 Å². The van der Waals surface area contributed by atoms with E-state index in [1.807, 2.05) is 0 Å². The summed E-state index contributed by atoms with van der Waals surface area (Å²) in [7, 11) is 0. The second-order valence-corrected chi connectivity index (χ2v) is 5.95. The van der Waals surface area contributed by atoms with Gasteiger partial charge in [-0.1, -0.05) is 0 Å². The zero-order chi connectivity index (χ0) is 16.5. The summed E-state index contributed by atoms with van der Waals surface area (Å²) in [5.41, 5.74) is -0.586. The van der Waals surface area contributed by atoms with Gasteiger partial charge in [0.25, 0.3) is 5.91 Å². The summed E-state index contributed by atoms with van der Waals surface area (Å²) in [5, 5.41) is 2.68. The number of nitrogens with one attached hydrogen (secondary N) is 1. The van der Waals surface area contributed by atoms with Crippen LogP contribution >= 0.6 is 0 Å². The monoisotopic (exact) mass is 329 g/mol. The molecule has 4 nitrogen and oxygen atoms in total. The zero-order valence-corrected chi connectivity index (χ0v) is 12.5. The summed E-state index contributed by atoms with van der Waals surface area (Å²) in [6.07, 6.45) is -0.729. The Bertz CT molecular complexity index is 565. The van der Waals surface area contributed by atoms with Gasteiger partial charge in [-0.3, -0.25) is 4.79 Å². The van der Waals surface area contributed by atoms with E-state index < -0.39 is 23.4 Å². The maximum atomic E-state index is 12.5. The smallest absolute Gasteiger partial charge is 0.349 e. The molecule has 2 fully saturated rings. The van der Waals surface area contributed by atoms with E-state index in [9.17, 15) is 18.0 Å². The predicted octanol–water partition coefficient (Wildman–Crippen LogP) is 3.12. The highest BCUT2D eigenvalue weighted by atomic mass is 19.4. The Balaban J connectivity index is 1.52. The number of carbonyl (C=O) groups is 1. The van der Waals surface area contributed by atoms with Crippen molar-refractivity contribution in [2.75, 3.05) is 13.2 Å². The Morgan fingerprint density at radius 3 is 2.48 bits per heavy atom. The second-order valence-electron chi connectivity index (χ2n) is 5.95. The molecule has 1 amide bonds. The van der Waals surface area contributed by atoms with Crippen LogP contribution in [0.1, 0.15) is 41.6 Å². The van der Waals surface area contributed by atoms with Crippen LogP contribution in [0.15, 0.2) is 24.3 Å². The Labute approximate surface area is 132 Å². The largest absolute Gasteiger partial charge is 0.416 e. The van der Waals surface area contributed by atoms with Crippen molar-refractivity contribution in [1.29, 1.82) is 0 Å². The van der Waals surface area contributed by atoms with E-state index in [2.05, 4.69) is 5.32 Å². The van der Waals surface area contributed by atoms with Gasteiger partial charge in [0, 0.05) is 24.9 Å². The number of hydrogen-bond acceptors (Lipinski definition) is 3. The van der Waals surface area contributed by atoms with Crippen LogP contribution in [0.5, 0.6) is 0 Å². The number of alkyl halides is 3. The Morgan fingerprint density at radius 2 is 1.87 bits per heavy atom. The first-order valence-electron chi connectivity index (χ1n) is 7.65. The number of amides is 1. The number of rotatable bonds is 3. The molecule has 0 bridgehead atoms. The van der Waals surface area contributed by atoms with E-state index in [-0.39, 0.29) is 18.2 Å². The molecule has 3 rings (SSSR count). The molecule has 1 aromatic carbocycles. The van der Waals surface area contributed by atoms with Gasteiger partial charge in [-0.05, 0) is 37.1 Å². The van der Waals surface area contributed by atoms with Gasteiger partial charge in [0.15, 0.2) is 5.79 Å². The molecule has 2 aliphatic rings. The molecule has 7 heteroatoms. The molecule has 1 atom stereocenters. The Hall–Kier alpha value is -1.60. The summed E-state index contributed by atoms with van der Waals surface area (Å²) in [6, 6.07) is 4.14. The molecule has 126 valence electrons. The molecule has 1 aliphatic heterocycles. The highest BCUT2D eigenvalue weighted by Gasteiger charge is 2.43. The first-order chi connectivity index (χ1) is 10.9. The summed E-state index contributed by atoms with van der Waals surface area (Å²) >= 11 is 0. The molecule has 0 radical (unpaired) electrons. The molecular formula is C16H18F3NO3. The van der Waals surface area contributed by atoms with Crippen molar-refractivity contribution < 1.29 is 27.4 Å². The fraction of sp³-hybridized carbons (Fsp3) is 0.562. The van der Waals surface area contributed by atoms with Crippen molar-refractivity contribution >= 4 is 5.91 Å². The minimum atomic E-state index is -4.40. The molecule has 23 heavy (non-hydrogen) atoms. The van der Waals surface area contributed by atoms with Gasteiger partial charge >= 0.3 is 6.18 Å². The minimum Gasteiger partial charge on any atom is -0.349 e. The first kappa shape index (κ1) is 16.3. The molecule has 1 heterocycles. The van der Waals surface area contributed by atoms with Crippen LogP contribution in [0.3, 0.4) is 0 Å². The third kappa shape index (κ3) is 3.67. The Kier molecular flexibility index (Phi) is 4.33. The molecule has 1 saturated heterocycles. The topological polar surface area (TPSA) is 47.6 Å². The SMILES string of the molecule is O=C(NCC1COC2(CCCC2)O1)c1ccc(C(F)(F)F)cc1. The van der Waals surface area contributed by atoms with Crippen LogP contribution in [-0.2, 0) is 15.7 Å². The second kappa shape index (κ2) is 6.13. The number of hydrogen-bond donors (Lipinski definition) is 1. The third-order valence-electron chi connectivity index (χ3n) is 4.24. The summed E-state index contributed by atoms with van der Waals surface area (Å²) in [4.78, 5) is 12.0. The molecule has 1 aliphatic carbocycles. The fourth-order valence-corrected chi connectivity index (χ4v) is 3.01. The van der Waals surface area contributed by atoms with E-state index in [0.29, 0.717) is 6.61 Å². The average Bonchev–Trinajstić information content (AvgIpc) is 3.14. The maximum Gasteiger partial charge on any atom is 0.416 e. The lowest BCUT2D eigenvalue weighted by atomic mass is 10.1. The van der Waals surface area contributed by atoms with Gasteiger partial charge in [0.1, 0.15) is 6.10 Å². The lowest BCUT2D eigenvalue weighted by Gasteiger charge is -2.21. The number of carbonyl (C=O) groups excluding carboxylic acids is 1. The van der Waals surface area contributed by atoms with Gasteiger partial charge in [-0.15, -0.1) is 0 Å². The van der Waals surface area contributed by atoms with Crippen LogP contribution < -0.4 is 5.32 Å². The van der Waals surface area contributed by atoms with Crippen molar-refractivity contribution in [3.8, 4) is 0 Å². The zero-order valence-electron chi connectivity index (χ0n) is 12.5. The van der Waals surface area contributed by atoms with Gasteiger partial charge in [-0.25, -0.2) is 0 Å². The number of halogens is 3. The van der Waals surface area contributed by atoms with Gasteiger partial charge in [0.2, 0.25) is 0 Å². The number of ether oxygens (including phenoxy) is 2. The molecule has 1 unspecified atom stereocenters. The Morgan fingerprint density at radius 1 is 1.22 bits per heavy atom. The highest BCUT2D eigenvalue weighted by molar-refractivity contribution is 5.94. The molecule has 1 aromatic rings. The van der Waals surface area contributed by atoms with Crippen molar-refractivity contribution in [3.05, 3.63) is 35.4 Å². The normalized spacial score (nSPS) is 23.3. The summed E-state index contributed by atoms with van der Waals surface area (Å²) < 4.78 is 49.0. The highest BCUT2D eigenvalue weighted by Crippen LogP contribution is 2.39. The van der Waals surface area contributed by atoms with Crippen molar-refractivity contribution in [1.82, 2.24) is 5.32 Å². The van der Waals surface area contributed by atoms with Crippen LogP contribution in [0.2, 0.25) is 0 Å². The average molecular weight is 329 g/mol. The van der Waals surface area contributed by atoms with Crippen molar-refractivity contribution in [3.63, 3.8) is 0 Å². The molecule has 1 spiro atoms. The maximum absolute atomic E-state index is 12.5. The van der Waals surface area contributed by atoms with E-state index in [4.69, 9.17) is 9.47 Å². The van der Waals surface area contributed by atoms with Crippen LogP contribution in [-0.4, -0.2) is 30.9 Å². The van der Waals surface area contributed by atoms with E-state index >= 15 is 0 Å².